The molecule has 0 unspecified atom stereocenters. The molecule has 1 aliphatic rings. The SMILES string of the molecule is CCOC(=O)COc1c(Br)cc(/C=C2\SC(=Nc3ccccc3)N(C)C2=O)cc1OC. The number of nitrogens with zero attached hydrogens (tertiary/aromatic N) is 2. The number of amides is 1. The maximum atomic E-state index is 12.7. The molecule has 9 heteroatoms. The smallest absolute Gasteiger partial charge is 0.344 e. The van der Waals surface area contributed by atoms with Gasteiger partial charge in [-0.2, -0.15) is 0 Å². The second-order valence-corrected chi connectivity index (χ2v) is 8.20. The van der Waals surface area contributed by atoms with E-state index >= 15 is 0 Å². The van der Waals surface area contributed by atoms with Crippen LogP contribution in [-0.2, 0) is 14.3 Å². The summed E-state index contributed by atoms with van der Waals surface area (Å²) in [5, 5.41) is 0.600. The number of rotatable bonds is 7. The van der Waals surface area contributed by atoms with Crippen molar-refractivity contribution < 1.29 is 23.8 Å². The van der Waals surface area contributed by atoms with Gasteiger partial charge in [0.2, 0.25) is 0 Å². The van der Waals surface area contributed by atoms with Crippen molar-refractivity contribution in [3.05, 3.63) is 57.4 Å². The Hall–Kier alpha value is -2.78. The average Bonchev–Trinajstić information content (AvgIpc) is 3.01. The number of amidine groups is 1. The highest BCUT2D eigenvalue weighted by atomic mass is 79.9. The fraction of sp³-hybridized carbons (Fsp3) is 0.227. The molecule has 1 amide bonds. The molecule has 162 valence electrons. The number of para-hydroxylation sites is 1. The van der Waals surface area contributed by atoms with Crippen molar-refractivity contribution in [2.45, 2.75) is 6.92 Å². The van der Waals surface area contributed by atoms with Gasteiger partial charge in [-0.05, 0) is 70.5 Å². The van der Waals surface area contributed by atoms with Crippen molar-refractivity contribution in [2.24, 2.45) is 4.99 Å². The minimum absolute atomic E-state index is 0.141. The van der Waals surface area contributed by atoms with E-state index in [-0.39, 0.29) is 19.1 Å². The highest BCUT2D eigenvalue weighted by molar-refractivity contribution is 9.10. The normalized spacial score (nSPS) is 16.1. The standard InChI is InChI=1S/C22H21BrN2O5S/c1-4-29-19(26)13-30-20-16(23)10-14(11-17(20)28-3)12-18-21(27)25(2)22(31-18)24-15-8-6-5-7-9-15/h5-12H,4,13H2,1-3H3/b18-12-,24-22?. The molecule has 0 N–H and O–H groups in total. The molecule has 0 saturated carbocycles. The Morgan fingerprint density at radius 1 is 1.26 bits per heavy atom. The van der Waals surface area contributed by atoms with Crippen LogP contribution in [0.2, 0.25) is 0 Å². The molecule has 2 aromatic carbocycles. The zero-order chi connectivity index (χ0) is 22.4. The Balaban J connectivity index is 1.84. The third kappa shape index (κ3) is 5.68. The zero-order valence-corrected chi connectivity index (χ0v) is 19.7. The van der Waals surface area contributed by atoms with Crippen LogP contribution in [0.15, 0.2) is 56.8 Å². The van der Waals surface area contributed by atoms with Gasteiger partial charge in [0.05, 0.1) is 28.8 Å². The molecule has 0 aromatic heterocycles. The van der Waals surface area contributed by atoms with Gasteiger partial charge in [0.1, 0.15) is 0 Å². The summed E-state index contributed by atoms with van der Waals surface area (Å²) in [4.78, 5) is 30.9. The number of likely N-dealkylation sites (N-methyl/N-ethyl adjacent to an activating group) is 1. The lowest BCUT2D eigenvalue weighted by Crippen LogP contribution is -2.23. The topological polar surface area (TPSA) is 77.4 Å². The van der Waals surface area contributed by atoms with Crippen LogP contribution in [0.3, 0.4) is 0 Å². The van der Waals surface area contributed by atoms with E-state index in [2.05, 4.69) is 20.9 Å². The van der Waals surface area contributed by atoms with E-state index in [1.54, 1.807) is 32.2 Å². The third-order valence-electron chi connectivity index (χ3n) is 4.17. The minimum Gasteiger partial charge on any atom is -0.493 e. The summed E-state index contributed by atoms with van der Waals surface area (Å²) in [5.74, 6) is 0.195. The zero-order valence-electron chi connectivity index (χ0n) is 17.3. The van der Waals surface area contributed by atoms with E-state index in [0.717, 1.165) is 11.3 Å². The summed E-state index contributed by atoms with van der Waals surface area (Å²) in [6.45, 7) is 1.77. The molecular weight excluding hydrogens is 484 g/mol. The minimum atomic E-state index is -0.469. The van der Waals surface area contributed by atoms with Gasteiger partial charge in [0.15, 0.2) is 23.3 Å². The monoisotopic (exact) mass is 504 g/mol. The number of ether oxygens (including phenoxy) is 3. The lowest BCUT2D eigenvalue weighted by atomic mass is 10.2. The maximum absolute atomic E-state index is 12.7. The lowest BCUT2D eigenvalue weighted by Gasteiger charge is -2.13. The Morgan fingerprint density at radius 3 is 2.68 bits per heavy atom. The number of halogens is 1. The first-order chi connectivity index (χ1) is 14.9. The average molecular weight is 505 g/mol. The van der Waals surface area contributed by atoms with Crippen molar-refractivity contribution in [1.29, 1.82) is 0 Å². The lowest BCUT2D eigenvalue weighted by molar-refractivity contribution is -0.145. The Bertz CT molecular complexity index is 1040. The Labute approximate surface area is 193 Å². The van der Waals surface area contributed by atoms with Crippen molar-refractivity contribution in [1.82, 2.24) is 4.90 Å². The van der Waals surface area contributed by atoms with Crippen LogP contribution >= 0.6 is 27.7 Å². The molecule has 0 bridgehead atoms. The number of hydrogen-bond donors (Lipinski definition) is 0. The van der Waals surface area contributed by atoms with Crippen molar-refractivity contribution in [3.63, 3.8) is 0 Å². The molecule has 7 nitrogen and oxygen atoms in total. The number of hydrogen-bond acceptors (Lipinski definition) is 7. The second kappa shape index (κ2) is 10.5. The highest BCUT2D eigenvalue weighted by Gasteiger charge is 2.30. The van der Waals surface area contributed by atoms with E-state index in [0.29, 0.717) is 26.0 Å². The van der Waals surface area contributed by atoms with Gasteiger partial charge in [-0.1, -0.05) is 18.2 Å². The van der Waals surface area contributed by atoms with Crippen molar-refractivity contribution in [2.75, 3.05) is 27.4 Å². The van der Waals surface area contributed by atoms with E-state index in [1.165, 1.54) is 23.8 Å². The number of esters is 1. The largest absolute Gasteiger partial charge is 0.493 e. The molecule has 1 heterocycles. The van der Waals surface area contributed by atoms with Gasteiger partial charge in [-0.3, -0.25) is 9.69 Å². The molecule has 0 radical (unpaired) electrons. The van der Waals surface area contributed by atoms with Crippen LogP contribution < -0.4 is 9.47 Å². The summed E-state index contributed by atoms with van der Waals surface area (Å²) in [6, 6.07) is 13.0. The molecular formula is C22H21BrN2O5S. The molecule has 31 heavy (non-hydrogen) atoms. The van der Waals surface area contributed by atoms with Gasteiger partial charge < -0.3 is 14.2 Å². The first kappa shape index (κ1) is 22.9. The van der Waals surface area contributed by atoms with Crippen LogP contribution in [-0.4, -0.2) is 49.3 Å². The van der Waals surface area contributed by atoms with Crippen LogP contribution in [0, 0.1) is 0 Å². The number of benzene rings is 2. The third-order valence-corrected chi connectivity index (χ3v) is 5.82. The molecule has 3 rings (SSSR count). The number of aliphatic imine (C=N–C) groups is 1. The molecule has 1 aliphatic heterocycles. The molecule has 2 aromatic rings. The van der Waals surface area contributed by atoms with Crippen LogP contribution in [0.1, 0.15) is 12.5 Å². The van der Waals surface area contributed by atoms with Crippen LogP contribution in [0.25, 0.3) is 6.08 Å². The van der Waals surface area contributed by atoms with Gasteiger partial charge >= 0.3 is 5.97 Å². The predicted molar refractivity (Wildman–Crippen MR) is 125 cm³/mol. The van der Waals surface area contributed by atoms with E-state index < -0.39 is 5.97 Å². The van der Waals surface area contributed by atoms with Gasteiger partial charge in [-0.15, -0.1) is 0 Å². The molecule has 0 spiro atoms. The summed E-state index contributed by atoms with van der Waals surface area (Å²) in [7, 11) is 3.20. The quantitative estimate of drug-likeness (QED) is 0.404. The number of carbonyl (C=O) groups is 2. The van der Waals surface area contributed by atoms with Gasteiger partial charge in [-0.25, -0.2) is 9.79 Å². The summed E-state index contributed by atoms with van der Waals surface area (Å²) in [6.07, 6.45) is 1.76. The Kier molecular flexibility index (Phi) is 7.75. The van der Waals surface area contributed by atoms with Gasteiger partial charge in [0.25, 0.3) is 5.91 Å². The highest BCUT2D eigenvalue weighted by Crippen LogP contribution is 2.39. The number of thioether (sulfide) groups is 1. The van der Waals surface area contributed by atoms with E-state index in [4.69, 9.17) is 14.2 Å². The first-order valence-corrected chi connectivity index (χ1v) is 11.0. The van der Waals surface area contributed by atoms with E-state index in [1.807, 2.05) is 30.3 Å². The summed E-state index contributed by atoms with van der Waals surface area (Å²) < 4.78 is 16.4. The number of methoxy groups -OCH3 is 1. The fourth-order valence-corrected chi connectivity index (χ4v) is 4.27. The molecule has 0 atom stereocenters. The van der Waals surface area contributed by atoms with Crippen LogP contribution in [0.5, 0.6) is 11.5 Å². The molecule has 1 fully saturated rings. The van der Waals surface area contributed by atoms with Crippen LogP contribution in [0.4, 0.5) is 5.69 Å². The Morgan fingerprint density at radius 2 is 2.00 bits per heavy atom. The molecule has 0 aliphatic carbocycles. The molecule has 1 saturated heterocycles. The second-order valence-electron chi connectivity index (χ2n) is 6.33. The van der Waals surface area contributed by atoms with Gasteiger partial charge in [0, 0.05) is 7.05 Å². The van der Waals surface area contributed by atoms with Crippen molar-refractivity contribution in [3.8, 4) is 11.5 Å². The number of carbonyl (C=O) groups excluding carboxylic acids is 2. The summed E-state index contributed by atoms with van der Waals surface area (Å²) in [5.41, 5.74) is 1.51. The fourth-order valence-electron chi connectivity index (χ4n) is 2.71. The summed E-state index contributed by atoms with van der Waals surface area (Å²) >= 11 is 4.75. The van der Waals surface area contributed by atoms with E-state index in [9.17, 15) is 9.59 Å². The first-order valence-electron chi connectivity index (χ1n) is 9.40. The van der Waals surface area contributed by atoms with Crippen molar-refractivity contribution >= 4 is 56.5 Å². The maximum Gasteiger partial charge on any atom is 0.344 e. The predicted octanol–water partition coefficient (Wildman–Crippen LogP) is 4.63.